The maximum Gasteiger partial charge on any atom is 0.419 e. The summed E-state index contributed by atoms with van der Waals surface area (Å²) in [4.78, 5) is 26.2. The summed E-state index contributed by atoms with van der Waals surface area (Å²) in [5, 5.41) is 2.54. The third kappa shape index (κ3) is 5.31. The lowest BCUT2D eigenvalue weighted by Gasteiger charge is -2.34. The van der Waals surface area contributed by atoms with E-state index in [1.165, 1.54) is 19.9 Å². The summed E-state index contributed by atoms with van der Waals surface area (Å²) in [6.07, 6.45) is -5.91. The van der Waals surface area contributed by atoms with Crippen LogP contribution in [0.1, 0.15) is 50.8 Å². The molecule has 34 heavy (non-hydrogen) atoms. The Kier molecular flexibility index (Phi) is 6.65. The van der Waals surface area contributed by atoms with Crippen LogP contribution in [0.3, 0.4) is 0 Å². The van der Waals surface area contributed by atoms with Crippen molar-refractivity contribution in [1.82, 2.24) is 0 Å². The molecule has 2 amide bonds. The van der Waals surface area contributed by atoms with Crippen LogP contribution in [0.15, 0.2) is 24.3 Å². The molecule has 2 aromatic rings. The van der Waals surface area contributed by atoms with E-state index < -0.39 is 41.3 Å². The number of rotatable bonds is 4. The van der Waals surface area contributed by atoms with Gasteiger partial charge in [0.2, 0.25) is 5.91 Å². The Balaban J connectivity index is 2.01. The molecule has 0 bridgehead atoms. The number of benzene rings is 2. The van der Waals surface area contributed by atoms with Crippen LogP contribution in [-0.2, 0) is 22.3 Å². The molecule has 1 aliphatic rings. The van der Waals surface area contributed by atoms with E-state index in [0.29, 0.717) is 17.7 Å². The van der Waals surface area contributed by atoms with Crippen molar-refractivity contribution in [2.75, 3.05) is 10.2 Å². The van der Waals surface area contributed by atoms with E-state index in [0.717, 1.165) is 11.0 Å². The minimum Gasteiger partial charge on any atom is -0.476 e. The predicted octanol–water partition coefficient (Wildman–Crippen LogP) is 5.98. The molecule has 0 fully saturated rings. The van der Waals surface area contributed by atoms with E-state index in [4.69, 9.17) is 4.74 Å². The van der Waals surface area contributed by atoms with E-state index in [2.05, 4.69) is 5.32 Å². The number of fused-ring (bicyclic) bond motifs is 1. The maximum atomic E-state index is 15.4. The van der Waals surface area contributed by atoms with Crippen molar-refractivity contribution in [3.63, 3.8) is 0 Å². The topological polar surface area (TPSA) is 58.6 Å². The van der Waals surface area contributed by atoms with Gasteiger partial charge in [0, 0.05) is 6.42 Å². The zero-order chi connectivity index (χ0) is 25.6. The number of anilines is 2. The van der Waals surface area contributed by atoms with Gasteiger partial charge >= 0.3 is 6.18 Å². The number of hydrogen-bond acceptors (Lipinski definition) is 3. The monoisotopic (exact) mass is 484 g/mol. The van der Waals surface area contributed by atoms with Crippen LogP contribution < -0.4 is 15.0 Å². The van der Waals surface area contributed by atoms with Crippen LogP contribution in [0, 0.1) is 24.0 Å². The van der Waals surface area contributed by atoms with E-state index in [-0.39, 0.29) is 41.1 Å². The molecule has 1 N–H and O–H groups in total. The average Bonchev–Trinajstić information content (AvgIpc) is 2.69. The summed E-state index contributed by atoms with van der Waals surface area (Å²) in [6, 6.07) is 3.84. The molecule has 0 spiro atoms. The Hall–Kier alpha value is -3.17. The van der Waals surface area contributed by atoms with Gasteiger partial charge in [-0.15, -0.1) is 0 Å². The zero-order valence-electron chi connectivity index (χ0n) is 19.4. The van der Waals surface area contributed by atoms with Crippen LogP contribution in [0.2, 0.25) is 0 Å². The summed E-state index contributed by atoms with van der Waals surface area (Å²) in [7, 11) is 0. The van der Waals surface area contributed by atoms with Crippen LogP contribution in [0.5, 0.6) is 5.75 Å². The fourth-order valence-electron chi connectivity index (χ4n) is 3.67. The lowest BCUT2D eigenvalue weighted by molar-refractivity contribution is -0.140. The van der Waals surface area contributed by atoms with Gasteiger partial charge in [0.25, 0.3) is 5.91 Å². The highest BCUT2D eigenvalue weighted by molar-refractivity contribution is 6.01. The Bertz CT molecular complexity index is 1140. The number of halogens is 5. The van der Waals surface area contributed by atoms with E-state index in [1.54, 1.807) is 0 Å². The molecular weight excluding hydrogens is 459 g/mol. The van der Waals surface area contributed by atoms with Crippen molar-refractivity contribution in [1.29, 1.82) is 0 Å². The van der Waals surface area contributed by atoms with Crippen LogP contribution >= 0.6 is 0 Å². The third-order valence-electron chi connectivity index (χ3n) is 5.23. The number of aryl methyl sites for hydroxylation is 1. The summed E-state index contributed by atoms with van der Waals surface area (Å²) in [5.41, 5.74) is -1.59. The number of carbonyl (C=O) groups is 2. The smallest absolute Gasteiger partial charge is 0.419 e. The van der Waals surface area contributed by atoms with Crippen molar-refractivity contribution in [2.24, 2.45) is 5.41 Å². The molecule has 10 heteroatoms. The first-order valence-electron chi connectivity index (χ1n) is 10.5. The van der Waals surface area contributed by atoms with Gasteiger partial charge in [0.1, 0.15) is 5.82 Å². The number of carbonyl (C=O) groups excluding carboxylic acids is 2. The van der Waals surface area contributed by atoms with Crippen molar-refractivity contribution in [3.05, 3.63) is 52.6 Å². The first-order valence-corrected chi connectivity index (χ1v) is 10.5. The Morgan fingerprint density at radius 1 is 1.15 bits per heavy atom. The summed E-state index contributed by atoms with van der Waals surface area (Å²) in [5.74, 6) is -3.64. The third-order valence-corrected chi connectivity index (χ3v) is 5.23. The highest BCUT2D eigenvalue weighted by Crippen LogP contribution is 2.43. The fraction of sp³-hybridized carbons (Fsp3) is 0.417. The molecule has 0 saturated carbocycles. The number of amides is 2. The molecule has 1 heterocycles. The predicted molar refractivity (Wildman–Crippen MR) is 117 cm³/mol. The lowest BCUT2D eigenvalue weighted by atomic mass is 9.92. The Morgan fingerprint density at radius 3 is 2.38 bits per heavy atom. The first kappa shape index (κ1) is 25.5. The van der Waals surface area contributed by atoms with Gasteiger partial charge in [-0.2, -0.15) is 13.2 Å². The average molecular weight is 484 g/mol. The van der Waals surface area contributed by atoms with Crippen molar-refractivity contribution < 1.29 is 36.3 Å². The quantitative estimate of drug-likeness (QED) is 0.543. The van der Waals surface area contributed by atoms with Gasteiger partial charge in [-0.1, -0.05) is 26.8 Å². The number of nitrogens with zero attached hydrogens (tertiary/aromatic N) is 1. The minimum absolute atomic E-state index is 0.00254. The summed E-state index contributed by atoms with van der Waals surface area (Å²) < 4.78 is 73.9. The molecule has 1 aliphatic heterocycles. The fourth-order valence-corrected chi connectivity index (χ4v) is 3.67. The van der Waals surface area contributed by atoms with Crippen LogP contribution in [0.4, 0.5) is 33.3 Å². The molecular formula is C24H25F5N2O3. The van der Waals surface area contributed by atoms with Gasteiger partial charge in [-0.05, 0) is 48.6 Å². The van der Waals surface area contributed by atoms with Crippen molar-refractivity contribution in [2.45, 2.75) is 59.9 Å². The number of alkyl halides is 3. The second-order valence-corrected chi connectivity index (χ2v) is 9.51. The molecule has 1 atom stereocenters. The minimum atomic E-state index is -4.91. The van der Waals surface area contributed by atoms with Crippen LogP contribution in [0.25, 0.3) is 0 Å². The number of ether oxygens (including phenoxy) is 1. The largest absolute Gasteiger partial charge is 0.476 e. The highest BCUT2D eigenvalue weighted by Gasteiger charge is 2.37. The van der Waals surface area contributed by atoms with Gasteiger partial charge in [0.15, 0.2) is 17.7 Å². The molecule has 0 saturated heterocycles. The van der Waals surface area contributed by atoms with E-state index in [1.807, 2.05) is 20.8 Å². The van der Waals surface area contributed by atoms with Gasteiger partial charge in [-0.3, -0.25) is 9.59 Å². The normalized spacial score (nSPS) is 16.2. The second kappa shape index (κ2) is 8.88. The maximum absolute atomic E-state index is 15.4. The van der Waals surface area contributed by atoms with Crippen LogP contribution in [-0.4, -0.2) is 17.9 Å². The zero-order valence-corrected chi connectivity index (χ0v) is 19.4. The second-order valence-electron chi connectivity index (χ2n) is 9.51. The molecule has 184 valence electrons. The van der Waals surface area contributed by atoms with Gasteiger partial charge < -0.3 is 15.0 Å². The van der Waals surface area contributed by atoms with Crippen molar-refractivity contribution in [3.8, 4) is 5.75 Å². The number of hydrogen-bond donors (Lipinski definition) is 1. The first-order chi connectivity index (χ1) is 15.6. The van der Waals surface area contributed by atoms with Gasteiger partial charge in [0.05, 0.1) is 23.5 Å². The molecule has 0 aliphatic carbocycles. The van der Waals surface area contributed by atoms with E-state index in [9.17, 15) is 27.2 Å². The molecule has 2 aromatic carbocycles. The Morgan fingerprint density at radius 2 is 1.79 bits per heavy atom. The lowest BCUT2D eigenvalue weighted by Crippen LogP contribution is -2.44. The SMILES string of the molecule is Cc1cc2c(c(F)c1NC(=O)CC(C)(C)C)OC(C)C(=O)N2Cc1ccc(F)c(C(F)(F)F)c1. The molecule has 0 aromatic heterocycles. The summed E-state index contributed by atoms with van der Waals surface area (Å²) in [6.45, 7) is 8.11. The summed E-state index contributed by atoms with van der Waals surface area (Å²) >= 11 is 0. The van der Waals surface area contributed by atoms with Crippen molar-refractivity contribution >= 4 is 23.2 Å². The molecule has 0 radical (unpaired) electrons. The molecule has 5 nitrogen and oxygen atoms in total. The highest BCUT2D eigenvalue weighted by atomic mass is 19.4. The molecule has 1 unspecified atom stereocenters. The number of nitrogens with one attached hydrogen (secondary N) is 1. The Labute approximate surface area is 193 Å². The molecule has 3 rings (SSSR count). The van der Waals surface area contributed by atoms with E-state index >= 15 is 4.39 Å². The van der Waals surface area contributed by atoms with Gasteiger partial charge in [-0.25, -0.2) is 8.78 Å². The standard InChI is InChI=1S/C24H25F5N2O3/c1-12-8-17-21(19(26)20(12)30-18(32)10-23(3,4)5)34-13(2)22(33)31(17)11-14-6-7-16(25)15(9-14)24(27,28)29/h6-9,13H,10-11H2,1-5H3,(H,30,32).